The first kappa shape index (κ1) is 43.6. The summed E-state index contributed by atoms with van der Waals surface area (Å²) in [7, 11) is 1.29. The summed E-state index contributed by atoms with van der Waals surface area (Å²) in [4.78, 5) is 77.6. The van der Waals surface area contributed by atoms with Crippen LogP contribution in [-0.4, -0.2) is 90.6 Å². The third kappa shape index (κ3) is 9.48. The van der Waals surface area contributed by atoms with Gasteiger partial charge in [-0.2, -0.15) is 0 Å². The van der Waals surface area contributed by atoms with Gasteiger partial charge in [0.2, 0.25) is 5.91 Å². The number of aromatic nitrogens is 5. The van der Waals surface area contributed by atoms with Crippen LogP contribution in [0, 0.1) is 5.92 Å². The standard InChI is InChI=1S/C49H55N9O6/c1-29(2)41(55-47(61)63-6)45(59)57-24-10-14-39(57)43-50-27-37(53-43)31-18-16-30(17-19-31)35-22-20-33-26-34(21-23-36(33)52-35)38-28-51-44(54-38)40-15-11-25-58(40)46(60)42(32-12-8-7-9-13-32)56-48(62)64-49(3,4)5/h7-9,12-13,16-23,26-29,39-42H,10-11,14-15,24-25H2,1-6H3,(H,50,53)(H,51,54)(H,55,61)(H,56,62). The molecule has 2 fully saturated rings. The van der Waals surface area contributed by atoms with Crippen molar-refractivity contribution in [2.75, 3.05) is 20.2 Å². The number of benzene rings is 3. The van der Waals surface area contributed by atoms with Gasteiger partial charge < -0.3 is 39.9 Å². The average molecular weight is 866 g/mol. The molecule has 6 aromatic rings. The van der Waals surface area contributed by atoms with Gasteiger partial charge in [-0.15, -0.1) is 0 Å². The molecule has 15 nitrogen and oxygen atoms in total. The molecule has 4 atom stereocenters. The summed E-state index contributed by atoms with van der Waals surface area (Å²) < 4.78 is 10.3. The van der Waals surface area contributed by atoms with Crippen molar-refractivity contribution >= 4 is 34.9 Å². The molecular weight excluding hydrogens is 811 g/mol. The van der Waals surface area contributed by atoms with Gasteiger partial charge >= 0.3 is 12.2 Å². The minimum Gasteiger partial charge on any atom is -0.453 e. The van der Waals surface area contributed by atoms with E-state index in [1.54, 1.807) is 43.0 Å². The van der Waals surface area contributed by atoms with E-state index >= 15 is 0 Å². The Morgan fingerprint density at radius 3 is 1.92 bits per heavy atom. The summed E-state index contributed by atoms with van der Waals surface area (Å²) in [5.41, 5.74) is 6.17. The number of rotatable bonds is 11. The summed E-state index contributed by atoms with van der Waals surface area (Å²) in [5.74, 6) is 0.922. The number of pyridine rings is 1. The first-order valence-electron chi connectivity index (χ1n) is 21.9. The lowest BCUT2D eigenvalue weighted by atomic mass is 10.0. The number of aromatic amines is 2. The summed E-state index contributed by atoms with van der Waals surface area (Å²) >= 11 is 0. The minimum absolute atomic E-state index is 0.113. The third-order valence-corrected chi connectivity index (χ3v) is 11.8. The maximum atomic E-state index is 14.2. The van der Waals surface area contributed by atoms with Crippen LogP contribution in [0.5, 0.6) is 0 Å². The van der Waals surface area contributed by atoms with E-state index in [-0.39, 0.29) is 29.8 Å². The first-order valence-corrected chi connectivity index (χ1v) is 21.9. The molecule has 8 rings (SSSR count). The van der Waals surface area contributed by atoms with Crippen LogP contribution in [0.3, 0.4) is 0 Å². The zero-order valence-corrected chi connectivity index (χ0v) is 37.1. The van der Waals surface area contributed by atoms with E-state index in [0.717, 1.165) is 70.4 Å². The first-order chi connectivity index (χ1) is 30.8. The van der Waals surface area contributed by atoms with Gasteiger partial charge in [0.15, 0.2) is 0 Å². The fraction of sp³-hybridized carbons (Fsp3) is 0.367. The Bertz CT molecular complexity index is 2630. The van der Waals surface area contributed by atoms with E-state index in [1.165, 1.54) is 7.11 Å². The molecule has 5 heterocycles. The largest absolute Gasteiger partial charge is 0.453 e. The lowest BCUT2D eigenvalue weighted by molar-refractivity contribution is -0.136. The predicted octanol–water partition coefficient (Wildman–Crippen LogP) is 8.66. The fourth-order valence-electron chi connectivity index (χ4n) is 8.61. The second kappa shape index (κ2) is 18.4. The highest BCUT2D eigenvalue weighted by atomic mass is 16.6. The van der Waals surface area contributed by atoms with Gasteiger partial charge in [0.1, 0.15) is 29.3 Å². The second-order valence-corrected chi connectivity index (χ2v) is 17.8. The molecule has 4 amide bonds. The van der Waals surface area contributed by atoms with Gasteiger partial charge in [-0.1, -0.05) is 80.6 Å². The SMILES string of the molecule is COC(=O)NC(C(=O)N1CCCC1c1ncc(-c2ccc(-c3ccc4cc(-c5cnc(C6CCCN6C(=O)C(NC(=O)OC(C)(C)C)c6ccccc6)[nH]5)ccc4n3)cc2)[nH]1)C(C)C. The Balaban J connectivity index is 0.941. The number of imidazole rings is 2. The van der Waals surface area contributed by atoms with Gasteiger partial charge in [-0.05, 0) is 81.7 Å². The molecule has 0 saturated carbocycles. The van der Waals surface area contributed by atoms with Gasteiger partial charge in [-0.3, -0.25) is 9.59 Å². The number of methoxy groups -OCH3 is 1. The molecule has 0 aliphatic carbocycles. The number of nitrogens with zero attached hydrogens (tertiary/aromatic N) is 5. The maximum absolute atomic E-state index is 14.2. The molecule has 3 aromatic carbocycles. The Morgan fingerprint density at radius 2 is 1.31 bits per heavy atom. The molecule has 64 heavy (non-hydrogen) atoms. The van der Waals surface area contributed by atoms with E-state index in [1.807, 2.05) is 86.6 Å². The summed E-state index contributed by atoms with van der Waals surface area (Å²) in [6.07, 6.45) is 5.46. The highest BCUT2D eigenvalue weighted by Crippen LogP contribution is 2.36. The lowest BCUT2D eigenvalue weighted by Gasteiger charge is -2.30. The van der Waals surface area contributed by atoms with Crippen molar-refractivity contribution in [3.05, 3.63) is 115 Å². The van der Waals surface area contributed by atoms with Crippen molar-refractivity contribution in [1.82, 2.24) is 45.4 Å². The molecule has 0 spiro atoms. The predicted molar refractivity (Wildman–Crippen MR) is 242 cm³/mol. The lowest BCUT2D eigenvalue weighted by Crippen LogP contribution is -2.51. The van der Waals surface area contributed by atoms with Crippen molar-refractivity contribution in [3.63, 3.8) is 0 Å². The zero-order chi connectivity index (χ0) is 45.1. The molecule has 2 aliphatic heterocycles. The number of ether oxygens (including phenoxy) is 2. The van der Waals surface area contributed by atoms with Crippen molar-refractivity contribution in [2.45, 2.75) is 90.1 Å². The van der Waals surface area contributed by atoms with Crippen LogP contribution < -0.4 is 10.6 Å². The Kier molecular flexibility index (Phi) is 12.5. The summed E-state index contributed by atoms with van der Waals surface area (Å²) in [5, 5.41) is 6.49. The van der Waals surface area contributed by atoms with Gasteiger partial charge in [0.05, 0.1) is 54.2 Å². The summed E-state index contributed by atoms with van der Waals surface area (Å²) in [6.45, 7) is 10.3. The normalized spacial score (nSPS) is 17.4. The molecule has 2 aliphatic rings. The number of amides is 4. The van der Waals surface area contributed by atoms with E-state index in [4.69, 9.17) is 19.4 Å². The van der Waals surface area contributed by atoms with Crippen LogP contribution >= 0.6 is 0 Å². The highest BCUT2D eigenvalue weighted by Gasteiger charge is 2.39. The van der Waals surface area contributed by atoms with Crippen LogP contribution in [0.2, 0.25) is 0 Å². The second-order valence-electron chi connectivity index (χ2n) is 17.8. The van der Waals surface area contributed by atoms with Crippen LogP contribution in [0.1, 0.15) is 95.6 Å². The quantitative estimate of drug-likeness (QED) is 0.0989. The monoisotopic (exact) mass is 865 g/mol. The molecule has 0 bridgehead atoms. The molecule has 4 unspecified atom stereocenters. The number of nitrogens with one attached hydrogen (secondary N) is 4. The van der Waals surface area contributed by atoms with E-state index < -0.39 is 29.9 Å². The number of carbonyl (C=O) groups is 4. The minimum atomic E-state index is -0.914. The molecule has 332 valence electrons. The number of H-pyrrole nitrogens is 2. The Hall–Kier alpha value is -7.03. The Morgan fingerprint density at radius 1 is 0.719 bits per heavy atom. The van der Waals surface area contributed by atoms with Crippen molar-refractivity contribution in [2.24, 2.45) is 5.92 Å². The third-order valence-electron chi connectivity index (χ3n) is 11.8. The zero-order valence-electron chi connectivity index (χ0n) is 37.1. The smallest absolute Gasteiger partial charge is 0.408 e. The van der Waals surface area contributed by atoms with Crippen molar-refractivity contribution in [3.8, 4) is 33.8 Å². The number of fused-ring (bicyclic) bond motifs is 1. The average Bonchev–Trinajstić information content (AvgIpc) is 4.13. The van der Waals surface area contributed by atoms with Crippen molar-refractivity contribution < 1.29 is 28.7 Å². The topological polar surface area (TPSA) is 188 Å². The van der Waals surface area contributed by atoms with E-state index in [0.29, 0.717) is 30.3 Å². The van der Waals surface area contributed by atoms with Gasteiger partial charge in [0.25, 0.3) is 5.91 Å². The van der Waals surface area contributed by atoms with Gasteiger partial charge in [0, 0.05) is 29.6 Å². The number of hydrogen-bond acceptors (Lipinski definition) is 9. The Labute approximate surface area is 372 Å². The number of hydrogen-bond donors (Lipinski definition) is 4. The fourth-order valence-corrected chi connectivity index (χ4v) is 8.61. The van der Waals surface area contributed by atoms with Crippen LogP contribution in [0.25, 0.3) is 44.7 Å². The molecular formula is C49H55N9O6. The van der Waals surface area contributed by atoms with Crippen LogP contribution in [0.4, 0.5) is 9.59 Å². The van der Waals surface area contributed by atoms with Crippen LogP contribution in [0.15, 0.2) is 97.3 Å². The van der Waals surface area contributed by atoms with Gasteiger partial charge in [-0.25, -0.2) is 24.5 Å². The molecule has 4 N–H and O–H groups in total. The van der Waals surface area contributed by atoms with E-state index in [2.05, 4.69) is 37.7 Å². The maximum Gasteiger partial charge on any atom is 0.408 e. The highest BCUT2D eigenvalue weighted by molar-refractivity contribution is 5.89. The van der Waals surface area contributed by atoms with Crippen LogP contribution in [-0.2, 0) is 19.1 Å². The molecule has 15 heteroatoms. The number of alkyl carbamates (subject to hydrolysis) is 2. The summed E-state index contributed by atoms with van der Waals surface area (Å²) in [6, 6.07) is 25.4. The molecule has 2 saturated heterocycles. The van der Waals surface area contributed by atoms with E-state index in [9.17, 15) is 19.2 Å². The molecule has 3 aromatic heterocycles. The van der Waals surface area contributed by atoms with Crippen molar-refractivity contribution in [1.29, 1.82) is 0 Å². The number of carbonyl (C=O) groups excluding carboxylic acids is 4. The number of likely N-dealkylation sites (tertiary alicyclic amines) is 2. The molecule has 0 radical (unpaired) electrons.